The van der Waals surface area contributed by atoms with Crippen molar-refractivity contribution >= 4 is 62.5 Å². The van der Waals surface area contributed by atoms with Crippen molar-refractivity contribution in [3.8, 4) is 5.75 Å². The van der Waals surface area contributed by atoms with Gasteiger partial charge in [0.25, 0.3) is 11.1 Å². The number of carboxylic acids is 1. The summed E-state index contributed by atoms with van der Waals surface area (Å²) in [4.78, 5) is 48.8. The molecule has 1 aliphatic heterocycles. The number of anilines is 1. The van der Waals surface area contributed by atoms with Crippen molar-refractivity contribution in [2.75, 3.05) is 18.5 Å². The fraction of sp³-hybridized carbons (Fsp3) is 0.143. The van der Waals surface area contributed by atoms with Crippen LogP contribution in [-0.4, -0.2) is 46.2 Å². The topological polar surface area (TPSA) is 113 Å². The zero-order chi connectivity index (χ0) is 22.5. The van der Waals surface area contributed by atoms with Gasteiger partial charge in [-0.15, -0.1) is 0 Å². The molecule has 2 aromatic rings. The van der Waals surface area contributed by atoms with Crippen molar-refractivity contribution in [1.29, 1.82) is 0 Å². The summed E-state index contributed by atoms with van der Waals surface area (Å²) < 4.78 is 5.63. The summed E-state index contributed by atoms with van der Waals surface area (Å²) in [6, 6.07) is 12.0. The number of nitrogens with one attached hydrogen (secondary N) is 1. The number of thioether (sulfide) groups is 1. The molecular formula is C21H17BrN2O6S. The van der Waals surface area contributed by atoms with Gasteiger partial charge in [-0.1, -0.05) is 23.8 Å². The molecule has 0 radical (unpaired) electrons. The Labute approximate surface area is 190 Å². The predicted molar refractivity (Wildman–Crippen MR) is 120 cm³/mol. The number of hydrogen-bond donors (Lipinski definition) is 2. The average Bonchev–Trinajstić information content (AvgIpc) is 2.96. The summed E-state index contributed by atoms with van der Waals surface area (Å²) >= 11 is 4.03. The Balaban J connectivity index is 1.67. The number of benzene rings is 2. The maximum absolute atomic E-state index is 12.6. The third-order valence-electron chi connectivity index (χ3n) is 4.12. The maximum Gasteiger partial charge on any atom is 0.341 e. The van der Waals surface area contributed by atoms with Crippen LogP contribution >= 0.6 is 27.7 Å². The van der Waals surface area contributed by atoms with Gasteiger partial charge in [0.2, 0.25) is 5.91 Å². The first kappa shape index (κ1) is 22.6. The minimum atomic E-state index is -1.10. The first-order valence-corrected chi connectivity index (χ1v) is 10.6. The quantitative estimate of drug-likeness (QED) is 0.549. The molecule has 0 saturated carbocycles. The Kier molecular flexibility index (Phi) is 7.13. The molecule has 1 saturated heterocycles. The highest BCUT2D eigenvalue weighted by molar-refractivity contribution is 9.10. The van der Waals surface area contributed by atoms with Gasteiger partial charge in [0.15, 0.2) is 6.61 Å². The van der Waals surface area contributed by atoms with E-state index in [1.54, 1.807) is 30.3 Å². The fourth-order valence-corrected chi connectivity index (χ4v) is 3.98. The largest absolute Gasteiger partial charge is 0.481 e. The fourth-order valence-electron chi connectivity index (χ4n) is 2.63. The molecule has 0 spiro atoms. The minimum absolute atomic E-state index is 0.180. The highest BCUT2D eigenvalue weighted by Crippen LogP contribution is 2.33. The third-order valence-corrected chi connectivity index (χ3v) is 5.64. The molecule has 160 valence electrons. The lowest BCUT2D eigenvalue weighted by Gasteiger charge is -2.12. The van der Waals surface area contributed by atoms with Crippen LogP contribution in [0, 0.1) is 6.92 Å². The zero-order valence-electron chi connectivity index (χ0n) is 16.3. The third kappa shape index (κ3) is 5.96. The monoisotopic (exact) mass is 504 g/mol. The molecule has 31 heavy (non-hydrogen) atoms. The minimum Gasteiger partial charge on any atom is -0.481 e. The van der Waals surface area contributed by atoms with Crippen molar-refractivity contribution in [3.05, 3.63) is 63.0 Å². The van der Waals surface area contributed by atoms with Crippen LogP contribution in [0.1, 0.15) is 11.1 Å². The van der Waals surface area contributed by atoms with Gasteiger partial charge in [0.1, 0.15) is 12.3 Å². The number of carbonyl (C=O) groups is 4. The second-order valence-corrected chi connectivity index (χ2v) is 8.40. The molecule has 0 aliphatic carbocycles. The number of imide groups is 1. The Hall–Kier alpha value is -3.11. The van der Waals surface area contributed by atoms with Crippen LogP contribution in [0.2, 0.25) is 0 Å². The van der Waals surface area contributed by atoms with Crippen LogP contribution in [0.3, 0.4) is 0 Å². The van der Waals surface area contributed by atoms with Gasteiger partial charge in [0, 0.05) is 5.69 Å². The van der Waals surface area contributed by atoms with Gasteiger partial charge in [-0.2, -0.15) is 0 Å². The standard InChI is InChI=1S/C21H17BrN2O6S/c1-12-2-5-14(6-3-12)23-18(25)10-24-20(28)17(31-21(24)29)9-13-4-7-16(15(22)8-13)30-11-19(26)27/h2-9H,10-11H2,1H3,(H,23,25)(H,26,27). The summed E-state index contributed by atoms with van der Waals surface area (Å²) in [5, 5.41) is 10.8. The number of amides is 3. The predicted octanol–water partition coefficient (Wildman–Crippen LogP) is 3.90. The van der Waals surface area contributed by atoms with Gasteiger partial charge >= 0.3 is 5.97 Å². The number of halogens is 1. The second kappa shape index (κ2) is 9.80. The zero-order valence-corrected chi connectivity index (χ0v) is 18.7. The normalized spacial score (nSPS) is 14.8. The van der Waals surface area contributed by atoms with Gasteiger partial charge in [0.05, 0.1) is 9.38 Å². The van der Waals surface area contributed by atoms with Crippen LogP contribution in [0.25, 0.3) is 6.08 Å². The molecule has 0 aromatic heterocycles. The van der Waals surface area contributed by atoms with Crippen molar-refractivity contribution in [2.24, 2.45) is 0 Å². The molecule has 0 atom stereocenters. The molecule has 0 bridgehead atoms. The summed E-state index contributed by atoms with van der Waals surface area (Å²) in [5.74, 6) is -1.80. The van der Waals surface area contributed by atoms with E-state index in [-0.39, 0.29) is 11.4 Å². The summed E-state index contributed by atoms with van der Waals surface area (Å²) in [7, 11) is 0. The summed E-state index contributed by atoms with van der Waals surface area (Å²) in [6.45, 7) is 1.05. The van der Waals surface area contributed by atoms with E-state index in [1.807, 2.05) is 19.1 Å². The van der Waals surface area contributed by atoms with Gasteiger partial charge in [-0.05, 0) is 70.5 Å². The molecule has 3 rings (SSSR count). The van der Waals surface area contributed by atoms with Crippen molar-refractivity contribution < 1.29 is 29.0 Å². The molecule has 3 amide bonds. The molecular weight excluding hydrogens is 488 g/mol. The number of ether oxygens (including phenoxy) is 1. The van der Waals surface area contributed by atoms with E-state index in [1.165, 1.54) is 6.08 Å². The number of carboxylic acid groups (broad SMARTS) is 1. The molecule has 1 heterocycles. The lowest BCUT2D eigenvalue weighted by atomic mass is 10.2. The van der Waals surface area contributed by atoms with Gasteiger partial charge in [-0.25, -0.2) is 4.79 Å². The highest BCUT2D eigenvalue weighted by atomic mass is 79.9. The van der Waals surface area contributed by atoms with Crippen molar-refractivity contribution in [2.45, 2.75) is 6.92 Å². The molecule has 0 unspecified atom stereocenters. The molecule has 1 fully saturated rings. The number of hydrogen-bond acceptors (Lipinski definition) is 6. The maximum atomic E-state index is 12.6. The van der Waals surface area contributed by atoms with E-state index >= 15 is 0 Å². The number of carbonyl (C=O) groups excluding carboxylic acids is 3. The molecule has 1 aliphatic rings. The number of aryl methyl sites for hydroxylation is 1. The first-order chi connectivity index (χ1) is 14.7. The second-order valence-electron chi connectivity index (χ2n) is 6.55. The van der Waals surface area contributed by atoms with E-state index in [9.17, 15) is 19.2 Å². The molecule has 2 aromatic carbocycles. The molecule has 2 N–H and O–H groups in total. The van der Waals surface area contributed by atoms with Crippen molar-refractivity contribution in [3.63, 3.8) is 0 Å². The average molecular weight is 505 g/mol. The highest BCUT2D eigenvalue weighted by Gasteiger charge is 2.36. The number of nitrogens with zero attached hydrogens (tertiary/aromatic N) is 1. The Morgan fingerprint density at radius 2 is 1.90 bits per heavy atom. The van der Waals surface area contributed by atoms with Crippen LogP contribution in [-0.2, 0) is 14.4 Å². The van der Waals surface area contributed by atoms with E-state index < -0.39 is 29.6 Å². The van der Waals surface area contributed by atoms with Gasteiger partial charge in [-0.3, -0.25) is 19.3 Å². The molecule has 8 nitrogen and oxygen atoms in total. The lowest BCUT2D eigenvalue weighted by Crippen LogP contribution is -2.36. The van der Waals surface area contributed by atoms with E-state index in [0.717, 1.165) is 22.2 Å². The summed E-state index contributed by atoms with van der Waals surface area (Å²) in [5.41, 5.74) is 2.22. The van der Waals surface area contributed by atoms with Gasteiger partial charge < -0.3 is 15.2 Å². The van der Waals surface area contributed by atoms with Crippen LogP contribution < -0.4 is 10.1 Å². The van der Waals surface area contributed by atoms with E-state index in [4.69, 9.17) is 9.84 Å². The number of aliphatic carboxylic acids is 1. The summed E-state index contributed by atoms with van der Waals surface area (Å²) in [6.07, 6.45) is 1.52. The van der Waals surface area contributed by atoms with Crippen molar-refractivity contribution in [1.82, 2.24) is 4.90 Å². The van der Waals surface area contributed by atoms with E-state index in [0.29, 0.717) is 21.5 Å². The van der Waals surface area contributed by atoms with Crippen LogP contribution in [0.4, 0.5) is 10.5 Å². The van der Waals surface area contributed by atoms with E-state index in [2.05, 4.69) is 21.2 Å². The van der Waals surface area contributed by atoms with Crippen LogP contribution in [0.15, 0.2) is 51.8 Å². The Morgan fingerprint density at radius 1 is 1.19 bits per heavy atom. The first-order valence-electron chi connectivity index (χ1n) is 8.99. The number of rotatable bonds is 7. The Bertz CT molecular complexity index is 1080. The molecule has 10 heteroatoms. The smallest absolute Gasteiger partial charge is 0.341 e. The Morgan fingerprint density at radius 3 is 2.55 bits per heavy atom. The SMILES string of the molecule is Cc1ccc(NC(=O)CN2C(=O)SC(=Cc3ccc(OCC(=O)O)c(Br)c3)C2=O)cc1. The lowest BCUT2D eigenvalue weighted by molar-refractivity contribution is -0.139. The van der Waals surface area contributed by atoms with Crippen LogP contribution in [0.5, 0.6) is 5.75 Å².